The van der Waals surface area contributed by atoms with Crippen LogP contribution < -0.4 is 16.6 Å². The van der Waals surface area contributed by atoms with Gasteiger partial charge in [-0.05, 0) is 49.2 Å². The summed E-state index contributed by atoms with van der Waals surface area (Å²) in [5.74, 6) is 4.69. The first kappa shape index (κ1) is 24.8. The molecule has 188 valence electrons. The summed E-state index contributed by atoms with van der Waals surface area (Å²) in [4.78, 5) is 30.7. The van der Waals surface area contributed by atoms with Crippen molar-refractivity contribution in [1.82, 2.24) is 24.5 Å². The van der Waals surface area contributed by atoms with Gasteiger partial charge in [-0.25, -0.2) is 28.7 Å². The molecule has 3 aromatic heterocycles. The number of nitrogens with two attached hydrogens (primary N) is 1. The Morgan fingerprint density at radius 1 is 1.03 bits per heavy atom. The molecule has 0 spiro atoms. The third-order valence-electron chi connectivity index (χ3n) is 5.58. The van der Waals surface area contributed by atoms with Gasteiger partial charge in [-0.2, -0.15) is 0 Å². The summed E-state index contributed by atoms with van der Waals surface area (Å²) in [6, 6.07) is 12.2. The fraction of sp³-hybridized carbons (Fsp3) is 0.0741. The molecule has 0 aliphatic rings. The fourth-order valence-electron chi connectivity index (χ4n) is 3.88. The fourth-order valence-corrected chi connectivity index (χ4v) is 4.13. The summed E-state index contributed by atoms with van der Waals surface area (Å²) in [6.07, 6.45) is 2.88. The molecule has 11 heteroatoms. The molecule has 38 heavy (non-hydrogen) atoms. The topological polar surface area (TPSA) is 112 Å². The SMILES string of the molecule is CC(Nc1ncnc(N)c1C#Cc1ccccn1)c1nc2cccc(Cl)c2c(=O)n1-c1cc(F)cc(F)c1. The zero-order valence-electron chi connectivity index (χ0n) is 19.8. The molecule has 8 nitrogen and oxygen atoms in total. The molecule has 0 saturated heterocycles. The molecule has 5 aromatic rings. The van der Waals surface area contributed by atoms with Crippen molar-refractivity contribution in [3.05, 3.63) is 111 Å². The molecule has 3 heterocycles. The Bertz CT molecular complexity index is 1780. The number of nitrogen functional groups attached to an aromatic ring is 1. The first-order valence-corrected chi connectivity index (χ1v) is 11.7. The average molecular weight is 530 g/mol. The van der Waals surface area contributed by atoms with Crippen LogP contribution in [0.4, 0.5) is 20.4 Å². The van der Waals surface area contributed by atoms with E-state index in [1.807, 2.05) is 0 Å². The standard InChI is InChI=1S/C27H18ClF2N7O/c1-15(35-25-20(24(31)33-14-34-25)9-8-18-5-2-3-10-32-18)26-36-22-7-4-6-21(28)23(22)27(38)37(26)19-12-16(29)11-17(30)13-19/h2-7,10-15H,1H3,(H3,31,33,34,35). The third-order valence-corrected chi connectivity index (χ3v) is 5.89. The summed E-state index contributed by atoms with van der Waals surface area (Å²) in [5, 5.41) is 3.43. The molecule has 3 N–H and O–H groups in total. The molecule has 5 rings (SSSR count). The van der Waals surface area contributed by atoms with Crippen LogP contribution in [0.1, 0.15) is 30.0 Å². The molecule has 1 unspecified atom stereocenters. The van der Waals surface area contributed by atoms with Gasteiger partial charge < -0.3 is 11.1 Å². The lowest BCUT2D eigenvalue weighted by Gasteiger charge is -2.21. The van der Waals surface area contributed by atoms with E-state index < -0.39 is 23.2 Å². The monoisotopic (exact) mass is 529 g/mol. The highest BCUT2D eigenvalue weighted by molar-refractivity contribution is 6.35. The lowest BCUT2D eigenvalue weighted by molar-refractivity contribution is 0.579. The summed E-state index contributed by atoms with van der Waals surface area (Å²) in [5.41, 5.74) is 6.58. The third kappa shape index (κ3) is 4.87. The molecule has 1 atom stereocenters. The van der Waals surface area contributed by atoms with Crippen molar-refractivity contribution in [1.29, 1.82) is 0 Å². The second-order valence-corrected chi connectivity index (χ2v) is 8.59. The predicted molar refractivity (Wildman–Crippen MR) is 141 cm³/mol. The van der Waals surface area contributed by atoms with Crippen LogP contribution in [0, 0.1) is 23.5 Å². The molecule has 0 fully saturated rings. The molecule has 0 aliphatic heterocycles. The maximum absolute atomic E-state index is 14.2. The minimum atomic E-state index is -0.853. The van der Waals surface area contributed by atoms with Gasteiger partial charge in [0.25, 0.3) is 5.56 Å². The van der Waals surface area contributed by atoms with Gasteiger partial charge in [0.15, 0.2) is 0 Å². The van der Waals surface area contributed by atoms with E-state index in [-0.39, 0.29) is 33.6 Å². The molecule has 0 amide bonds. The highest BCUT2D eigenvalue weighted by Crippen LogP contribution is 2.26. The number of pyridine rings is 1. The largest absolute Gasteiger partial charge is 0.382 e. The molecular formula is C27H18ClF2N7O. The Hall–Kier alpha value is -4.88. The summed E-state index contributed by atoms with van der Waals surface area (Å²) >= 11 is 6.30. The maximum Gasteiger partial charge on any atom is 0.267 e. The summed E-state index contributed by atoms with van der Waals surface area (Å²) in [7, 11) is 0. The highest BCUT2D eigenvalue weighted by Gasteiger charge is 2.22. The van der Waals surface area contributed by atoms with Crippen LogP contribution in [0.2, 0.25) is 5.02 Å². The van der Waals surface area contributed by atoms with Gasteiger partial charge in [0.1, 0.15) is 46.7 Å². The van der Waals surface area contributed by atoms with Crippen LogP contribution in [0.15, 0.2) is 71.9 Å². The number of rotatable bonds is 4. The van der Waals surface area contributed by atoms with E-state index in [1.165, 1.54) is 6.33 Å². The van der Waals surface area contributed by atoms with E-state index in [9.17, 15) is 13.6 Å². The van der Waals surface area contributed by atoms with Crippen LogP contribution in [-0.4, -0.2) is 24.5 Å². The molecule has 0 bridgehead atoms. The van der Waals surface area contributed by atoms with E-state index in [0.717, 1.165) is 16.7 Å². The predicted octanol–water partition coefficient (Wildman–Crippen LogP) is 4.66. The molecule has 0 radical (unpaired) electrons. The Morgan fingerprint density at radius 3 is 2.55 bits per heavy atom. The number of fused-ring (bicyclic) bond motifs is 1. The highest BCUT2D eigenvalue weighted by atomic mass is 35.5. The van der Waals surface area contributed by atoms with E-state index in [2.05, 4.69) is 37.1 Å². The summed E-state index contributed by atoms with van der Waals surface area (Å²) < 4.78 is 29.5. The van der Waals surface area contributed by atoms with Crippen LogP contribution in [-0.2, 0) is 0 Å². The van der Waals surface area contributed by atoms with Gasteiger partial charge in [0.2, 0.25) is 0 Å². The van der Waals surface area contributed by atoms with Gasteiger partial charge >= 0.3 is 0 Å². The Balaban J connectivity index is 1.65. The Labute approximate surface area is 220 Å². The number of nitrogens with zero attached hydrogens (tertiary/aromatic N) is 5. The molecule has 0 aliphatic carbocycles. The minimum Gasteiger partial charge on any atom is -0.382 e. The second kappa shape index (κ2) is 10.2. The van der Waals surface area contributed by atoms with Crippen molar-refractivity contribution in [2.75, 3.05) is 11.1 Å². The Kier molecular flexibility index (Phi) is 6.68. The van der Waals surface area contributed by atoms with Gasteiger partial charge in [0.05, 0.1) is 27.7 Å². The van der Waals surface area contributed by atoms with E-state index >= 15 is 0 Å². The van der Waals surface area contributed by atoms with Crippen molar-refractivity contribution in [2.24, 2.45) is 0 Å². The lowest BCUT2D eigenvalue weighted by Crippen LogP contribution is -2.28. The average Bonchev–Trinajstić information content (AvgIpc) is 2.88. The normalized spacial score (nSPS) is 11.6. The maximum atomic E-state index is 14.2. The lowest BCUT2D eigenvalue weighted by atomic mass is 10.2. The second-order valence-electron chi connectivity index (χ2n) is 8.19. The van der Waals surface area contributed by atoms with Crippen LogP contribution in [0.5, 0.6) is 0 Å². The van der Waals surface area contributed by atoms with E-state index in [0.29, 0.717) is 22.8 Å². The van der Waals surface area contributed by atoms with Crippen molar-refractivity contribution < 1.29 is 8.78 Å². The van der Waals surface area contributed by atoms with Crippen molar-refractivity contribution >= 4 is 34.1 Å². The van der Waals surface area contributed by atoms with Crippen molar-refractivity contribution in [3.8, 4) is 17.5 Å². The van der Waals surface area contributed by atoms with Crippen LogP contribution in [0.3, 0.4) is 0 Å². The zero-order valence-corrected chi connectivity index (χ0v) is 20.5. The number of halogens is 3. The number of hydrogen-bond donors (Lipinski definition) is 2. The quantitative estimate of drug-likeness (QED) is 0.326. The van der Waals surface area contributed by atoms with Gasteiger partial charge in [-0.1, -0.05) is 29.7 Å². The number of aromatic nitrogens is 5. The zero-order chi connectivity index (χ0) is 26.8. The van der Waals surface area contributed by atoms with E-state index in [4.69, 9.17) is 17.3 Å². The van der Waals surface area contributed by atoms with Crippen molar-refractivity contribution in [3.63, 3.8) is 0 Å². The minimum absolute atomic E-state index is 0.0529. The van der Waals surface area contributed by atoms with Crippen molar-refractivity contribution in [2.45, 2.75) is 13.0 Å². The van der Waals surface area contributed by atoms with E-state index in [1.54, 1.807) is 49.5 Å². The first-order valence-electron chi connectivity index (χ1n) is 11.3. The molecular weight excluding hydrogens is 512 g/mol. The number of benzene rings is 2. The summed E-state index contributed by atoms with van der Waals surface area (Å²) in [6.45, 7) is 1.71. The number of hydrogen-bond acceptors (Lipinski definition) is 7. The van der Waals surface area contributed by atoms with Gasteiger partial charge in [0, 0.05) is 12.3 Å². The van der Waals surface area contributed by atoms with Gasteiger partial charge in [-0.3, -0.25) is 9.36 Å². The molecule has 0 saturated carbocycles. The first-order chi connectivity index (χ1) is 18.3. The Morgan fingerprint density at radius 2 is 1.82 bits per heavy atom. The number of anilines is 2. The smallest absolute Gasteiger partial charge is 0.267 e. The van der Waals surface area contributed by atoms with Crippen LogP contribution >= 0.6 is 11.6 Å². The van der Waals surface area contributed by atoms with Gasteiger partial charge in [-0.15, -0.1) is 0 Å². The number of nitrogens with one attached hydrogen (secondary N) is 1. The van der Waals surface area contributed by atoms with Crippen LogP contribution in [0.25, 0.3) is 16.6 Å². The molecule has 2 aromatic carbocycles.